The third-order valence-corrected chi connectivity index (χ3v) is 7.72. The minimum atomic E-state index is -0.279. The molecule has 1 amide bonds. The number of aromatic nitrogens is 1. The molecule has 4 aromatic rings. The number of hydrogen-bond donors (Lipinski definition) is 0. The first-order valence-corrected chi connectivity index (χ1v) is 13.4. The first-order valence-electron chi connectivity index (χ1n) is 12.2. The van der Waals surface area contributed by atoms with E-state index in [-0.39, 0.29) is 12.0 Å². The summed E-state index contributed by atoms with van der Waals surface area (Å²) in [4.78, 5) is 15.0. The van der Waals surface area contributed by atoms with E-state index < -0.39 is 0 Å². The topological polar surface area (TPSA) is 64.8 Å². The van der Waals surface area contributed by atoms with Gasteiger partial charge >= 0.3 is 6.09 Å². The van der Waals surface area contributed by atoms with Crippen LogP contribution in [0.3, 0.4) is 0 Å². The molecule has 0 bridgehead atoms. The number of amides is 1. The van der Waals surface area contributed by atoms with Crippen molar-refractivity contribution >= 4 is 28.6 Å². The zero-order valence-corrected chi connectivity index (χ0v) is 21.4. The van der Waals surface area contributed by atoms with Crippen molar-refractivity contribution in [2.75, 3.05) is 26.5 Å². The summed E-state index contributed by atoms with van der Waals surface area (Å²) < 4.78 is 17.1. The van der Waals surface area contributed by atoms with Gasteiger partial charge in [0, 0.05) is 30.3 Å². The number of nitrogens with zero attached hydrogens (tertiary/aromatic N) is 2. The van der Waals surface area contributed by atoms with Crippen molar-refractivity contribution in [2.24, 2.45) is 0 Å². The highest BCUT2D eigenvalue weighted by atomic mass is 32.2. The summed E-state index contributed by atoms with van der Waals surface area (Å²) in [6.45, 7) is 1.68. The second-order valence-electron chi connectivity index (χ2n) is 8.99. The van der Waals surface area contributed by atoms with Gasteiger partial charge < -0.3 is 18.9 Å². The van der Waals surface area contributed by atoms with Crippen LogP contribution in [0, 0.1) is 0 Å². The Hall–Kier alpha value is -3.45. The molecule has 3 aromatic carbocycles. The molecule has 0 aliphatic carbocycles. The van der Waals surface area contributed by atoms with Crippen LogP contribution in [0.1, 0.15) is 41.2 Å². The van der Waals surface area contributed by atoms with Gasteiger partial charge in [0.05, 0.1) is 12.7 Å². The number of carbonyl (C=O) groups excluding carboxylic acids is 1. The molecule has 0 radical (unpaired) electrons. The Morgan fingerprint density at radius 3 is 2.56 bits per heavy atom. The quantitative estimate of drug-likeness (QED) is 0.263. The highest BCUT2D eigenvalue weighted by molar-refractivity contribution is 7.98. The summed E-state index contributed by atoms with van der Waals surface area (Å²) in [5, 5.41) is 6.86. The Bertz CT molecular complexity index is 1330. The largest absolute Gasteiger partial charge is 0.470 e. The fourth-order valence-electron chi connectivity index (χ4n) is 4.94. The lowest BCUT2D eigenvalue weighted by Gasteiger charge is -2.30. The van der Waals surface area contributed by atoms with Crippen LogP contribution >= 0.6 is 11.8 Å². The zero-order chi connectivity index (χ0) is 24.9. The maximum absolute atomic E-state index is 12.0. The van der Waals surface area contributed by atoms with E-state index in [1.165, 1.54) is 28.3 Å². The van der Waals surface area contributed by atoms with Crippen LogP contribution in [0.2, 0.25) is 0 Å². The molecule has 5 rings (SSSR count). The normalized spacial score (nSPS) is 14.2. The van der Waals surface area contributed by atoms with Gasteiger partial charge in [-0.15, -0.1) is 11.8 Å². The molecule has 36 heavy (non-hydrogen) atoms. The van der Waals surface area contributed by atoms with Crippen LogP contribution in [-0.2, 0) is 17.8 Å². The maximum Gasteiger partial charge on any atom is 0.409 e. The van der Waals surface area contributed by atoms with Gasteiger partial charge in [-0.3, -0.25) is 0 Å². The molecule has 186 valence electrons. The number of carbonyl (C=O) groups is 1. The number of likely N-dealkylation sites (tertiary alicyclic amines) is 1. The minimum absolute atomic E-state index is 0.167. The zero-order valence-electron chi connectivity index (χ0n) is 20.6. The van der Waals surface area contributed by atoms with Crippen LogP contribution in [0.15, 0.2) is 76.1 Å². The van der Waals surface area contributed by atoms with Gasteiger partial charge in [0.1, 0.15) is 12.4 Å². The summed E-state index contributed by atoms with van der Waals surface area (Å²) in [7, 11) is 1.42. The number of fused-ring (bicyclic) bond motifs is 1. The number of ether oxygens (including phenoxy) is 2. The molecular weight excluding hydrogens is 472 g/mol. The van der Waals surface area contributed by atoms with Crippen molar-refractivity contribution in [3.05, 3.63) is 89.2 Å². The van der Waals surface area contributed by atoms with Crippen molar-refractivity contribution in [1.29, 1.82) is 0 Å². The predicted octanol–water partition coefficient (Wildman–Crippen LogP) is 6.67. The number of rotatable bonds is 7. The standard InChI is InChI=1S/C29H30N2O4S/c1-33-29(32)31-16-14-22(15-17-31)26-25(28(30-35-26)34-19-20-8-4-3-5-9-20)18-23-13-12-21-10-6-7-11-24(21)27(23)36-2/h3-13,22H,14-19H2,1-2H3. The summed E-state index contributed by atoms with van der Waals surface area (Å²) in [6, 6.07) is 22.9. The molecule has 1 aromatic heterocycles. The van der Waals surface area contributed by atoms with E-state index in [1.54, 1.807) is 16.7 Å². The first kappa shape index (κ1) is 24.3. The molecule has 1 fully saturated rings. The molecule has 6 nitrogen and oxygen atoms in total. The first-order chi connectivity index (χ1) is 17.7. The Kier molecular flexibility index (Phi) is 7.47. The number of thioether (sulfide) groups is 1. The molecule has 1 saturated heterocycles. The van der Waals surface area contributed by atoms with Crippen molar-refractivity contribution < 1.29 is 18.8 Å². The van der Waals surface area contributed by atoms with E-state index in [9.17, 15) is 4.79 Å². The van der Waals surface area contributed by atoms with Crippen molar-refractivity contribution in [2.45, 2.75) is 36.7 Å². The summed E-state index contributed by atoms with van der Waals surface area (Å²) >= 11 is 1.76. The molecule has 7 heteroatoms. The fraction of sp³-hybridized carbons (Fsp3) is 0.310. The van der Waals surface area contributed by atoms with Gasteiger partial charge in [-0.05, 0) is 46.2 Å². The second kappa shape index (κ2) is 11.1. The molecule has 0 saturated carbocycles. The highest BCUT2D eigenvalue weighted by Crippen LogP contribution is 2.39. The van der Waals surface area contributed by atoms with E-state index in [4.69, 9.17) is 14.0 Å². The van der Waals surface area contributed by atoms with E-state index in [0.717, 1.165) is 29.7 Å². The fourth-order valence-corrected chi connectivity index (χ4v) is 5.75. The predicted molar refractivity (Wildman–Crippen MR) is 142 cm³/mol. The summed E-state index contributed by atoms with van der Waals surface area (Å²) in [5.41, 5.74) is 3.30. The average Bonchev–Trinajstić information content (AvgIpc) is 3.34. The lowest BCUT2D eigenvalue weighted by molar-refractivity contribution is 0.110. The van der Waals surface area contributed by atoms with Crippen LogP contribution in [0.5, 0.6) is 5.88 Å². The molecule has 0 atom stereocenters. The number of methoxy groups -OCH3 is 1. The lowest BCUT2D eigenvalue weighted by atomic mass is 9.90. The Morgan fingerprint density at radius 1 is 1.06 bits per heavy atom. The minimum Gasteiger partial charge on any atom is -0.470 e. The molecule has 1 aliphatic heterocycles. The molecule has 1 aliphatic rings. The van der Waals surface area contributed by atoms with E-state index in [0.29, 0.717) is 32.0 Å². The maximum atomic E-state index is 12.0. The lowest BCUT2D eigenvalue weighted by Crippen LogP contribution is -2.37. The van der Waals surface area contributed by atoms with Crippen LogP contribution < -0.4 is 4.74 Å². The van der Waals surface area contributed by atoms with Crippen LogP contribution in [0.25, 0.3) is 10.8 Å². The van der Waals surface area contributed by atoms with Gasteiger partial charge in [0.15, 0.2) is 0 Å². The molecular formula is C29H30N2O4S. The smallest absolute Gasteiger partial charge is 0.409 e. The summed E-state index contributed by atoms with van der Waals surface area (Å²) in [5.74, 6) is 1.58. The third kappa shape index (κ3) is 5.07. The van der Waals surface area contributed by atoms with Crippen molar-refractivity contribution in [3.8, 4) is 5.88 Å². The van der Waals surface area contributed by atoms with E-state index in [1.807, 2.05) is 30.3 Å². The monoisotopic (exact) mass is 502 g/mol. The number of piperidine rings is 1. The Morgan fingerprint density at radius 2 is 1.81 bits per heavy atom. The summed E-state index contributed by atoms with van der Waals surface area (Å²) in [6.07, 6.45) is 4.10. The van der Waals surface area contributed by atoms with Crippen LogP contribution in [-0.4, -0.2) is 42.6 Å². The number of benzene rings is 3. The van der Waals surface area contributed by atoms with Gasteiger partial charge in [-0.25, -0.2) is 4.79 Å². The SMILES string of the molecule is COC(=O)N1CCC(c2onc(OCc3ccccc3)c2Cc2ccc3ccccc3c2SC)CC1. The van der Waals surface area contributed by atoms with Gasteiger partial charge in [0.2, 0.25) is 0 Å². The van der Waals surface area contributed by atoms with Crippen LogP contribution in [0.4, 0.5) is 4.79 Å². The molecule has 0 spiro atoms. The third-order valence-electron chi connectivity index (χ3n) is 6.83. The molecule has 2 heterocycles. The second-order valence-corrected chi connectivity index (χ2v) is 9.81. The average molecular weight is 503 g/mol. The van der Waals surface area contributed by atoms with E-state index in [2.05, 4.69) is 47.8 Å². The molecule has 0 unspecified atom stereocenters. The van der Waals surface area contributed by atoms with Gasteiger partial charge in [-0.1, -0.05) is 66.7 Å². The molecule has 0 N–H and O–H groups in total. The van der Waals surface area contributed by atoms with E-state index >= 15 is 0 Å². The van der Waals surface area contributed by atoms with Crippen molar-refractivity contribution in [3.63, 3.8) is 0 Å². The van der Waals surface area contributed by atoms with Gasteiger partial charge in [-0.2, -0.15) is 0 Å². The van der Waals surface area contributed by atoms with Crippen molar-refractivity contribution in [1.82, 2.24) is 10.1 Å². The number of hydrogen-bond acceptors (Lipinski definition) is 6. The van der Waals surface area contributed by atoms with Gasteiger partial charge in [0.25, 0.3) is 5.88 Å². The highest BCUT2D eigenvalue weighted by Gasteiger charge is 2.31. The Balaban J connectivity index is 1.46. The Labute approximate surface area is 215 Å².